The third kappa shape index (κ3) is 3.14. The van der Waals surface area contributed by atoms with Crippen molar-refractivity contribution >= 4 is 5.91 Å². The molecule has 0 bridgehead atoms. The van der Waals surface area contributed by atoms with E-state index >= 15 is 0 Å². The molecule has 14 heavy (non-hydrogen) atoms. The lowest BCUT2D eigenvalue weighted by Crippen LogP contribution is -2.30. The molecule has 1 aromatic carbocycles. The van der Waals surface area contributed by atoms with Gasteiger partial charge >= 0.3 is 0 Å². The summed E-state index contributed by atoms with van der Waals surface area (Å²) in [6, 6.07) is 5.63. The highest BCUT2D eigenvalue weighted by atomic mass is 19.1. The summed E-state index contributed by atoms with van der Waals surface area (Å²) < 4.78 is 12.6. The van der Waals surface area contributed by atoms with Crippen LogP contribution in [0.25, 0.3) is 0 Å². The van der Waals surface area contributed by atoms with Crippen molar-refractivity contribution in [2.24, 2.45) is 5.73 Å². The van der Waals surface area contributed by atoms with Crippen molar-refractivity contribution in [3.63, 3.8) is 0 Å². The fourth-order valence-electron chi connectivity index (χ4n) is 1.08. The van der Waals surface area contributed by atoms with Crippen LogP contribution in [0.4, 0.5) is 4.39 Å². The average molecular weight is 196 g/mol. The zero-order valence-corrected chi connectivity index (χ0v) is 7.96. The molecule has 3 N–H and O–H groups in total. The second kappa shape index (κ2) is 4.72. The number of benzene rings is 1. The largest absolute Gasteiger partial charge is 0.354 e. The van der Waals surface area contributed by atoms with Crippen LogP contribution in [0.1, 0.15) is 18.5 Å². The summed E-state index contributed by atoms with van der Waals surface area (Å²) in [5.74, 6) is -0.414. The van der Waals surface area contributed by atoms with Gasteiger partial charge in [0, 0.05) is 19.5 Å². The van der Waals surface area contributed by atoms with Crippen LogP contribution in [0.5, 0.6) is 0 Å². The van der Waals surface area contributed by atoms with Crippen LogP contribution < -0.4 is 11.1 Å². The van der Waals surface area contributed by atoms with Crippen LogP contribution in [0, 0.1) is 5.82 Å². The van der Waals surface area contributed by atoms with E-state index in [1.807, 2.05) is 0 Å². The second-order valence-electron chi connectivity index (χ2n) is 3.10. The van der Waals surface area contributed by atoms with Crippen molar-refractivity contribution in [1.29, 1.82) is 0 Å². The van der Waals surface area contributed by atoms with E-state index in [9.17, 15) is 9.18 Å². The molecule has 0 unspecified atom stereocenters. The van der Waals surface area contributed by atoms with Crippen molar-refractivity contribution in [3.8, 4) is 0 Å². The Labute approximate surface area is 82.1 Å². The van der Waals surface area contributed by atoms with Crippen LogP contribution >= 0.6 is 0 Å². The van der Waals surface area contributed by atoms with Gasteiger partial charge in [0.15, 0.2) is 0 Å². The summed E-state index contributed by atoms with van der Waals surface area (Å²) in [5.41, 5.74) is 6.56. The van der Waals surface area contributed by atoms with Gasteiger partial charge in [-0.25, -0.2) is 4.39 Å². The zero-order chi connectivity index (χ0) is 10.6. The summed E-state index contributed by atoms with van der Waals surface area (Å²) in [6.45, 7) is 1.79. The van der Waals surface area contributed by atoms with Crippen molar-refractivity contribution in [3.05, 3.63) is 35.6 Å². The van der Waals surface area contributed by atoms with E-state index in [1.54, 1.807) is 12.1 Å². The SMILES string of the molecule is CC(=O)NC[C@@H](N)c1ccc(F)cc1. The lowest BCUT2D eigenvalue weighted by molar-refractivity contribution is -0.119. The van der Waals surface area contributed by atoms with Gasteiger partial charge in [-0.2, -0.15) is 0 Å². The van der Waals surface area contributed by atoms with E-state index in [1.165, 1.54) is 19.1 Å². The lowest BCUT2D eigenvalue weighted by Gasteiger charge is -2.11. The maximum Gasteiger partial charge on any atom is 0.216 e. The molecule has 3 nitrogen and oxygen atoms in total. The Balaban J connectivity index is 2.56. The standard InChI is InChI=1S/C10H13FN2O/c1-7(14)13-6-10(12)8-2-4-9(11)5-3-8/h2-5,10H,6,12H2,1H3,(H,13,14)/t10-/m1/s1. The van der Waals surface area contributed by atoms with Crippen molar-refractivity contribution in [2.45, 2.75) is 13.0 Å². The maximum absolute atomic E-state index is 12.6. The molecule has 1 aromatic rings. The summed E-state index contributed by atoms with van der Waals surface area (Å²) in [7, 11) is 0. The molecule has 0 aromatic heterocycles. The molecule has 0 fully saturated rings. The highest BCUT2D eigenvalue weighted by Gasteiger charge is 2.05. The number of carbonyl (C=O) groups excluding carboxylic acids is 1. The molecule has 4 heteroatoms. The van der Waals surface area contributed by atoms with E-state index in [0.717, 1.165) is 5.56 Å². The fraction of sp³-hybridized carbons (Fsp3) is 0.300. The summed E-state index contributed by atoms with van der Waals surface area (Å²) >= 11 is 0. The molecule has 0 saturated carbocycles. The minimum Gasteiger partial charge on any atom is -0.354 e. The van der Waals surface area contributed by atoms with E-state index < -0.39 is 0 Å². The summed E-state index contributed by atoms with van der Waals surface area (Å²) in [6.07, 6.45) is 0. The van der Waals surface area contributed by atoms with Crippen molar-refractivity contribution in [1.82, 2.24) is 5.32 Å². The van der Waals surface area contributed by atoms with Crippen LogP contribution in [0.15, 0.2) is 24.3 Å². The van der Waals surface area contributed by atoms with Crippen molar-refractivity contribution in [2.75, 3.05) is 6.54 Å². The van der Waals surface area contributed by atoms with Gasteiger partial charge in [-0.1, -0.05) is 12.1 Å². The molecule has 1 atom stereocenters. The minimum absolute atomic E-state index is 0.123. The molecule has 76 valence electrons. The monoisotopic (exact) mass is 196 g/mol. The number of nitrogens with one attached hydrogen (secondary N) is 1. The number of carbonyl (C=O) groups is 1. The van der Waals surface area contributed by atoms with Gasteiger partial charge in [0.25, 0.3) is 0 Å². The Morgan fingerprint density at radius 3 is 2.57 bits per heavy atom. The van der Waals surface area contributed by atoms with Gasteiger partial charge in [-0.05, 0) is 17.7 Å². The predicted molar refractivity (Wildman–Crippen MR) is 52.0 cm³/mol. The minimum atomic E-state index is -0.292. The molecule has 1 rings (SSSR count). The van der Waals surface area contributed by atoms with Crippen LogP contribution in [-0.2, 0) is 4.79 Å². The van der Waals surface area contributed by atoms with E-state index in [-0.39, 0.29) is 17.8 Å². The number of rotatable bonds is 3. The quantitative estimate of drug-likeness (QED) is 0.756. The second-order valence-corrected chi connectivity index (χ2v) is 3.10. The van der Waals surface area contributed by atoms with Gasteiger partial charge in [-0.3, -0.25) is 4.79 Å². The number of hydrogen-bond acceptors (Lipinski definition) is 2. The number of amides is 1. The van der Waals surface area contributed by atoms with Crippen LogP contribution in [0.3, 0.4) is 0 Å². The van der Waals surface area contributed by atoms with Crippen LogP contribution in [0.2, 0.25) is 0 Å². The highest BCUT2D eigenvalue weighted by Crippen LogP contribution is 2.09. The molecule has 0 spiro atoms. The topological polar surface area (TPSA) is 55.1 Å². The number of halogens is 1. The van der Waals surface area contributed by atoms with E-state index in [0.29, 0.717) is 6.54 Å². The molecule has 1 amide bonds. The van der Waals surface area contributed by atoms with Gasteiger partial charge in [0.2, 0.25) is 5.91 Å². The number of nitrogens with two attached hydrogens (primary N) is 1. The Morgan fingerprint density at radius 1 is 1.50 bits per heavy atom. The summed E-state index contributed by atoms with van der Waals surface area (Å²) in [5, 5.41) is 2.60. The molecule has 0 aliphatic heterocycles. The fourth-order valence-corrected chi connectivity index (χ4v) is 1.08. The molecular weight excluding hydrogens is 183 g/mol. The molecular formula is C10H13FN2O. The Morgan fingerprint density at radius 2 is 2.07 bits per heavy atom. The molecule has 0 aliphatic carbocycles. The average Bonchev–Trinajstić information content (AvgIpc) is 2.15. The normalized spacial score (nSPS) is 12.2. The molecule has 0 heterocycles. The first-order valence-corrected chi connectivity index (χ1v) is 4.35. The Kier molecular flexibility index (Phi) is 3.59. The summed E-state index contributed by atoms with van der Waals surface area (Å²) in [4.78, 5) is 10.6. The van der Waals surface area contributed by atoms with Gasteiger partial charge in [0.05, 0.1) is 0 Å². The van der Waals surface area contributed by atoms with Gasteiger partial charge < -0.3 is 11.1 Å². The number of hydrogen-bond donors (Lipinski definition) is 2. The lowest BCUT2D eigenvalue weighted by atomic mass is 10.1. The molecule has 0 aliphatic rings. The highest BCUT2D eigenvalue weighted by molar-refractivity contribution is 5.72. The van der Waals surface area contributed by atoms with Gasteiger partial charge in [-0.15, -0.1) is 0 Å². The first-order chi connectivity index (χ1) is 6.59. The zero-order valence-electron chi connectivity index (χ0n) is 7.96. The van der Waals surface area contributed by atoms with E-state index in [4.69, 9.17) is 5.73 Å². The first-order valence-electron chi connectivity index (χ1n) is 4.35. The van der Waals surface area contributed by atoms with Crippen LogP contribution in [-0.4, -0.2) is 12.5 Å². The predicted octanol–water partition coefficient (Wildman–Crippen LogP) is 0.962. The maximum atomic E-state index is 12.6. The van der Waals surface area contributed by atoms with Gasteiger partial charge in [0.1, 0.15) is 5.82 Å². The molecule has 0 saturated heterocycles. The van der Waals surface area contributed by atoms with E-state index in [2.05, 4.69) is 5.32 Å². The Hall–Kier alpha value is -1.42. The Bertz CT molecular complexity index is 310. The van der Waals surface area contributed by atoms with Crippen molar-refractivity contribution < 1.29 is 9.18 Å². The third-order valence-corrected chi connectivity index (χ3v) is 1.87. The molecule has 0 radical (unpaired) electrons. The smallest absolute Gasteiger partial charge is 0.216 e. The third-order valence-electron chi connectivity index (χ3n) is 1.87. The first kappa shape index (κ1) is 10.7.